The summed E-state index contributed by atoms with van der Waals surface area (Å²) in [4.78, 5) is 35.9. The number of hydrogen-bond acceptors (Lipinski definition) is 5. The van der Waals surface area contributed by atoms with E-state index in [1.54, 1.807) is 12.1 Å². The molecular weight excluding hydrogens is 290 g/mol. The number of nitro benzene ring substituents is 1. The van der Waals surface area contributed by atoms with E-state index in [4.69, 9.17) is 0 Å². The van der Waals surface area contributed by atoms with Gasteiger partial charge in [-0.25, -0.2) is 0 Å². The van der Waals surface area contributed by atoms with E-state index in [-0.39, 0.29) is 36.9 Å². The molecule has 0 radical (unpaired) electrons. The minimum atomic E-state index is -0.699. The Morgan fingerprint density at radius 1 is 1.32 bits per heavy atom. The average Bonchev–Trinajstić information content (AvgIpc) is 2.88. The van der Waals surface area contributed by atoms with E-state index in [0.717, 1.165) is 5.56 Å². The van der Waals surface area contributed by atoms with Crippen molar-refractivity contribution in [2.24, 2.45) is 0 Å². The average molecular weight is 305 g/mol. The zero-order chi connectivity index (χ0) is 15.9. The topological polar surface area (TPSA) is 113 Å². The van der Waals surface area contributed by atoms with Crippen molar-refractivity contribution in [1.29, 1.82) is 0 Å². The van der Waals surface area contributed by atoms with Gasteiger partial charge in [0.2, 0.25) is 11.8 Å². The molecule has 2 amide bonds. The first-order valence-corrected chi connectivity index (χ1v) is 6.98. The summed E-state index contributed by atoms with van der Waals surface area (Å²) in [5.41, 5.74) is 0.702. The first-order valence-electron chi connectivity index (χ1n) is 6.98. The monoisotopic (exact) mass is 305 g/mol. The normalized spacial score (nSPS) is 27.5. The van der Waals surface area contributed by atoms with Crippen LogP contribution in [-0.4, -0.2) is 51.5 Å². The lowest BCUT2D eigenvalue weighted by Gasteiger charge is -2.34. The number of nitrogens with one attached hydrogen (secondary N) is 1. The summed E-state index contributed by atoms with van der Waals surface area (Å²) < 4.78 is 0. The number of amides is 2. The molecule has 2 heterocycles. The van der Waals surface area contributed by atoms with Crippen LogP contribution < -0.4 is 5.32 Å². The van der Waals surface area contributed by atoms with Gasteiger partial charge in [0.05, 0.1) is 11.0 Å². The summed E-state index contributed by atoms with van der Waals surface area (Å²) >= 11 is 0. The van der Waals surface area contributed by atoms with Crippen molar-refractivity contribution >= 4 is 17.5 Å². The standard InChI is InChI=1S/C14H15N3O5/c18-10-6-12-13(19)15-11(14(20)16(12)7-10)5-8-1-3-9(4-2-8)17(21)22/h1-4,10-12,18H,5-7H2,(H,15,19)/t10-,11+,12+/m1/s1. The molecule has 8 heteroatoms. The van der Waals surface area contributed by atoms with E-state index in [1.807, 2.05) is 0 Å². The fraction of sp³-hybridized carbons (Fsp3) is 0.429. The second-order valence-corrected chi connectivity index (χ2v) is 5.58. The molecule has 0 unspecified atom stereocenters. The molecule has 2 aliphatic rings. The molecule has 22 heavy (non-hydrogen) atoms. The van der Waals surface area contributed by atoms with Crippen molar-refractivity contribution in [3.8, 4) is 0 Å². The Hall–Kier alpha value is -2.48. The van der Waals surface area contributed by atoms with Crippen molar-refractivity contribution in [3.63, 3.8) is 0 Å². The highest BCUT2D eigenvalue weighted by Gasteiger charge is 2.45. The number of rotatable bonds is 3. The molecule has 2 aliphatic heterocycles. The molecule has 0 saturated carbocycles. The van der Waals surface area contributed by atoms with Crippen LogP contribution in [0.1, 0.15) is 12.0 Å². The van der Waals surface area contributed by atoms with Crippen LogP contribution in [0.15, 0.2) is 24.3 Å². The van der Waals surface area contributed by atoms with Gasteiger partial charge < -0.3 is 15.3 Å². The summed E-state index contributed by atoms with van der Waals surface area (Å²) in [6.45, 7) is 0.174. The van der Waals surface area contributed by atoms with Gasteiger partial charge in [-0.05, 0) is 5.56 Å². The summed E-state index contributed by atoms with van der Waals surface area (Å²) in [6, 6.07) is 4.59. The number of hydrogen-bond donors (Lipinski definition) is 2. The van der Waals surface area contributed by atoms with Gasteiger partial charge >= 0.3 is 0 Å². The SMILES string of the molecule is O=C1N[C@@H](Cc2ccc([N+](=O)[O-])cc2)C(=O)N2C[C@H](O)C[C@@H]12. The fourth-order valence-corrected chi connectivity index (χ4v) is 2.96. The predicted octanol–water partition coefficient (Wildman–Crippen LogP) is -0.403. The molecule has 0 aromatic heterocycles. The van der Waals surface area contributed by atoms with E-state index in [0.29, 0.717) is 0 Å². The molecular formula is C14H15N3O5. The maximum atomic E-state index is 12.4. The molecule has 3 rings (SSSR count). The van der Waals surface area contributed by atoms with Gasteiger partial charge in [-0.2, -0.15) is 0 Å². The minimum absolute atomic E-state index is 0.0227. The number of aliphatic hydroxyl groups excluding tert-OH is 1. The first-order chi connectivity index (χ1) is 10.5. The molecule has 1 aromatic carbocycles. The van der Waals surface area contributed by atoms with E-state index >= 15 is 0 Å². The number of nitrogens with zero attached hydrogens (tertiary/aromatic N) is 2. The number of carbonyl (C=O) groups excluding carboxylic acids is 2. The lowest BCUT2D eigenvalue weighted by molar-refractivity contribution is -0.384. The van der Waals surface area contributed by atoms with E-state index in [9.17, 15) is 24.8 Å². The largest absolute Gasteiger partial charge is 0.391 e. The summed E-state index contributed by atoms with van der Waals surface area (Å²) in [5.74, 6) is -0.484. The van der Waals surface area contributed by atoms with Crippen molar-refractivity contribution < 1.29 is 19.6 Å². The number of benzene rings is 1. The third-order valence-corrected chi connectivity index (χ3v) is 4.07. The van der Waals surface area contributed by atoms with Crippen LogP contribution in [0.5, 0.6) is 0 Å². The van der Waals surface area contributed by atoms with Crippen LogP contribution in [0.3, 0.4) is 0 Å². The molecule has 2 saturated heterocycles. The van der Waals surface area contributed by atoms with Crippen LogP contribution in [0, 0.1) is 10.1 Å². The molecule has 0 spiro atoms. The summed E-state index contributed by atoms with van der Waals surface area (Å²) in [5, 5.41) is 22.9. The number of non-ortho nitro benzene ring substituents is 1. The second kappa shape index (κ2) is 5.38. The van der Waals surface area contributed by atoms with Crippen LogP contribution in [0.2, 0.25) is 0 Å². The maximum Gasteiger partial charge on any atom is 0.269 e. The molecule has 2 N–H and O–H groups in total. The van der Waals surface area contributed by atoms with Gasteiger partial charge in [-0.3, -0.25) is 19.7 Å². The Kier molecular flexibility index (Phi) is 3.53. The van der Waals surface area contributed by atoms with Crippen LogP contribution >= 0.6 is 0 Å². The Labute approximate surface area is 125 Å². The Bertz CT molecular complexity index is 630. The summed E-state index contributed by atoms with van der Waals surface area (Å²) in [6.07, 6.45) is -0.137. The number of carbonyl (C=O) groups is 2. The highest BCUT2D eigenvalue weighted by atomic mass is 16.6. The number of aliphatic hydroxyl groups is 1. The molecule has 0 bridgehead atoms. The Morgan fingerprint density at radius 3 is 2.64 bits per heavy atom. The molecule has 116 valence electrons. The Morgan fingerprint density at radius 2 is 2.00 bits per heavy atom. The zero-order valence-electron chi connectivity index (χ0n) is 11.6. The minimum Gasteiger partial charge on any atom is -0.391 e. The maximum absolute atomic E-state index is 12.4. The third kappa shape index (κ3) is 2.52. The number of nitro groups is 1. The molecule has 2 fully saturated rings. The molecule has 3 atom stereocenters. The Balaban J connectivity index is 1.73. The number of fused-ring (bicyclic) bond motifs is 1. The molecule has 8 nitrogen and oxygen atoms in total. The van der Waals surface area contributed by atoms with E-state index in [1.165, 1.54) is 17.0 Å². The highest BCUT2D eigenvalue weighted by Crippen LogP contribution is 2.24. The second-order valence-electron chi connectivity index (χ2n) is 5.58. The van der Waals surface area contributed by atoms with Crippen molar-refractivity contribution in [2.45, 2.75) is 31.0 Å². The first kappa shape index (κ1) is 14.5. The highest BCUT2D eigenvalue weighted by molar-refractivity contribution is 5.97. The lowest BCUT2D eigenvalue weighted by Crippen LogP contribution is -2.61. The molecule has 0 aliphatic carbocycles. The smallest absolute Gasteiger partial charge is 0.269 e. The van der Waals surface area contributed by atoms with Crippen LogP contribution in [0.4, 0.5) is 5.69 Å². The van der Waals surface area contributed by atoms with Crippen molar-refractivity contribution in [2.75, 3.05) is 6.54 Å². The van der Waals surface area contributed by atoms with Gasteiger partial charge in [-0.15, -0.1) is 0 Å². The van der Waals surface area contributed by atoms with Crippen molar-refractivity contribution in [1.82, 2.24) is 10.2 Å². The number of piperazine rings is 1. The lowest BCUT2D eigenvalue weighted by atomic mass is 10.0. The van der Waals surface area contributed by atoms with Gasteiger partial charge in [0.15, 0.2) is 0 Å². The van der Waals surface area contributed by atoms with Gasteiger partial charge in [-0.1, -0.05) is 12.1 Å². The van der Waals surface area contributed by atoms with E-state index < -0.39 is 23.1 Å². The van der Waals surface area contributed by atoms with E-state index in [2.05, 4.69) is 5.32 Å². The summed E-state index contributed by atoms with van der Waals surface area (Å²) in [7, 11) is 0. The van der Waals surface area contributed by atoms with Crippen LogP contribution in [-0.2, 0) is 16.0 Å². The zero-order valence-corrected chi connectivity index (χ0v) is 11.6. The third-order valence-electron chi connectivity index (χ3n) is 4.07. The van der Waals surface area contributed by atoms with Gasteiger partial charge in [0.1, 0.15) is 12.1 Å². The van der Waals surface area contributed by atoms with Crippen molar-refractivity contribution in [3.05, 3.63) is 39.9 Å². The van der Waals surface area contributed by atoms with Crippen LogP contribution in [0.25, 0.3) is 0 Å². The quantitative estimate of drug-likeness (QED) is 0.582. The van der Waals surface area contributed by atoms with Gasteiger partial charge in [0.25, 0.3) is 5.69 Å². The fourth-order valence-electron chi connectivity index (χ4n) is 2.96. The van der Waals surface area contributed by atoms with Gasteiger partial charge in [0, 0.05) is 31.5 Å². The predicted molar refractivity (Wildman–Crippen MR) is 74.9 cm³/mol. The molecule has 1 aromatic rings.